The molecule has 1 fully saturated rings. The van der Waals surface area contributed by atoms with Crippen molar-refractivity contribution in [1.82, 2.24) is 15.0 Å². The minimum atomic E-state index is 0.0305. The summed E-state index contributed by atoms with van der Waals surface area (Å²) in [6.07, 6.45) is 3.24. The van der Waals surface area contributed by atoms with Gasteiger partial charge in [-0.2, -0.15) is 0 Å². The first-order chi connectivity index (χ1) is 10.2. The first-order valence-electron chi connectivity index (χ1n) is 7.33. The fourth-order valence-electron chi connectivity index (χ4n) is 2.75. The molecule has 1 atom stereocenters. The second-order valence-electron chi connectivity index (χ2n) is 5.38. The zero-order chi connectivity index (χ0) is 14.8. The van der Waals surface area contributed by atoms with Crippen molar-refractivity contribution in [3.8, 4) is 0 Å². The zero-order valence-electron chi connectivity index (χ0n) is 12.3. The maximum absolute atomic E-state index is 12.5. The Morgan fingerprint density at radius 1 is 1.57 bits per heavy atom. The summed E-state index contributed by atoms with van der Waals surface area (Å²) in [5.41, 5.74) is 1.73. The first-order valence-corrected chi connectivity index (χ1v) is 8.21. The van der Waals surface area contributed by atoms with Gasteiger partial charge in [0.1, 0.15) is 0 Å². The first kappa shape index (κ1) is 14.3. The molecule has 0 aliphatic carbocycles. The molecule has 1 aliphatic heterocycles. The molecule has 1 aliphatic rings. The summed E-state index contributed by atoms with van der Waals surface area (Å²) >= 11 is 1.62. The van der Waals surface area contributed by atoms with E-state index in [2.05, 4.69) is 17.1 Å². The predicted molar refractivity (Wildman–Crippen MR) is 80.1 cm³/mol. The van der Waals surface area contributed by atoms with Crippen LogP contribution in [0, 0.1) is 6.92 Å². The highest BCUT2D eigenvalue weighted by atomic mass is 32.1. The van der Waals surface area contributed by atoms with Crippen LogP contribution in [0.2, 0.25) is 0 Å². The quantitative estimate of drug-likeness (QED) is 0.871. The standard InChI is InChI=1S/C15H19N3O2S/c1-3-14-16-11(9-21-14)8-15(19)18-6-4-5-12(18)13-7-10(2)17-20-13/h7,9,12H,3-6,8H2,1-2H3. The van der Waals surface area contributed by atoms with Crippen LogP contribution in [-0.2, 0) is 17.6 Å². The smallest absolute Gasteiger partial charge is 0.229 e. The third kappa shape index (κ3) is 3.00. The summed E-state index contributed by atoms with van der Waals surface area (Å²) in [6, 6.07) is 1.96. The molecule has 6 heteroatoms. The molecule has 1 unspecified atom stereocenters. The summed E-state index contributed by atoms with van der Waals surface area (Å²) in [5, 5.41) is 7.00. The fourth-order valence-corrected chi connectivity index (χ4v) is 3.50. The number of likely N-dealkylation sites (tertiary alicyclic amines) is 1. The topological polar surface area (TPSA) is 59.2 Å². The average molecular weight is 305 g/mol. The monoisotopic (exact) mass is 305 g/mol. The number of aryl methyl sites for hydroxylation is 2. The zero-order valence-corrected chi connectivity index (χ0v) is 13.2. The van der Waals surface area contributed by atoms with Gasteiger partial charge in [0, 0.05) is 18.0 Å². The van der Waals surface area contributed by atoms with Gasteiger partial charge in [0.25, 0.3) is 0 Å². The van der Waals surface area contributed by atoms with Gasteiger partial charge in [-0.05, 0) is 26.2 Å². The molecule has 112 valence electrons. The maximum Gasteiger partial charge on any atom is 0.229 e. The molecule has 5 nitrogen and oxygen atoms in total. The van der Waals surface area contributed by atoms with Crippen LogP contribution in [0.3, 0.4) is 0 Å². The molecule has 1 amide bonds. The number of hydrogen-bond acceptors (Lipinski definition) is 5. The van der Waals surface area contributed by atoms with E-state index in [-0.39, 0.29) is 11.9 Å². The third-order valence-electron chi connectivity index (χ3n) is 3.78. The summed E-state index contributed by atoms with van der Waals surface area (Å²) in [7, 11) is 0. The van der Waals surface area contributed by atoms with Crippen molar-refractivity contribution in [2.24, 2.45) is 0 Å². The highest BCUT2D eigenvalue weighted by Crippen LogP contribution is 2.32. The minimum absolute atomic E-state index is 0.0305. The van der Waals surface area contributed by atoms with Crippen molar-refractivity contribution in [2.45, 2.75) is 45.6 Å². The lowest BCUT2D eigenvalue weighted by molar-refractivity contribution is -0.131. The van der Waals surface area contributed by atoms with Crippen molar-refractivity contribution >= 4 is 17.2 Å². The number of nitrogens with zero attached hydrogens (tertiary/aromatic N) is 3. The van der Waals surface area contributed by atoms with E-state index in [0.29, 0.717) is 6.42 Å². The number of thiazole rings is 1. The Morgan fingerprint density at radius 2 is 2.43 bits per heavy atom. The highest BCUT2D eigenvalue weighted by molar-refractivity contribution is 7.09. The van der Waals surface area contributed by atoms with E-state index in [4.69, 9.17) is 4.52 Å². The van der Waals surface area contributed by atoms with Gasteiger partial charge in [0.15, 0.2) is 5.76 Å². The molecule has 2 aromatic rings. The van der Waals surface area contributed by atoms with E-state index in [1.807, 2.05) is 23.3 Å². The third-order valence-corrected chi connectivity index (χ3v) is 4.82. The Kier molecular flexibility index (Phi) is 4.05. The lowest BCUT2D eigenvalue weighted by atomic mass is 10.1. The van der Waals surface area contributed by atoms with Gasteiger partial charge in [-0.3, -0.25) is 4.79 Å². The summed E-state index contributed by atoms with van der Waals surface area (Å²) in [6.45, 7) is 4.76. The van der Waals surface area contributed by atoms with Crippen molar-refractivity contribution < 1.29 is 9.32 Å². The van der Waals surface area contributed by atoms with E-state index >= 15 is 0 Å². The average Bonchev–Trinajstić information content (AvgIpc) is 3.17. The number of rotatable bonds is 4. The van der Waals surface area contributed by atoms with Crippen LogP contribution < -0.4 is 0 Å². The van der Waals surface area contributed by atoms with Crippen LogP contribution >= 0.6 is 11.3 Å². The SMILES string of the molecule is CCc1nc(CC(=O)N2CCCC2c2cc(C)no2)cs1. The van der Waals surface area contributed by atoms with Crippen molar-refractivity contribution in [1.29, 1.82) is 0 Å². The van der Waals surface area contributed by atoms with E-state index in [9.17, 15) is 4.79 Å². The second kappa shape index (κ2) is 5.97. The Hall–Kier alpha value is -1.69. The van der Waals surface area contributed by atoms with E-state index < -0.39 is 0 Å². The lowest BCUT2D eigenvalue weighted by Crippen LogP contribution is -2.31. The normalized spacial score (nSPS) is 18.4. The molecule has 0 saturated carbocycles. The Morgan fingerprint density at radius 3 is 3.10 bits per heavy atom. The van der Waals surface area contributed by atoms with Crippen molar-refractivity contribution in [2.75, 3.05) is 6.54 Å². The molecule has 3 rings (SSSR count). The van der Waals surface area contributed by atoms with Crippen LogP contribution in [0.1, 0.15) is 48.0 Å². The van der Waals surface area contributed by atoms with Crippen LogP contribution in [0.5, 0.6) is 0 Å². The van der Waals surface area contributed by atoms with Gasteiger partial charge >= 0.3 is 0 Å². The van der Waals surface area contributed by atoms with Gasteiger partial charge in [0.2, 0.25) is 5.91 Å². The molecule has 0 bridgehead atoms. The fraction of sp³-hybridized carbons (Fsp3) is 0.533. The molecule has 1 saturated heterocycles. The summed E-state index contributed by atoms with van der Waals surface area (Å²) < 4.78 is 5.34. The molecular weight excluding hydrogens is 286 g/mol. The van der Waals surface area contributed by atoms with Crippen LogP contribution in [-0.4, -0.2) is 27.5 Å². The molecule has 0 N–H and O–H groups in total. The Balaban J connectivity index is 1.71. The molecule has 0 spiro atoms. The van der Waals surface area contributed by atoms with Gasteiger partial charge in [-0.25, -0.2) is 4.98 Å². The summed E-state index contributed by atoms with van der Waals surface area (Å²) in [5.74, 6) is 0.922. The van der Waals surface area contributed by atoms with Crippen LogP contribution in [0.4, 0.5) is 0 Å². The molecule has 21 heavy (non-hydrogen) atoms. The largest absolute Gasteiger partial charge is 0.359 e. The van der Waals surface area contributed by atoms with E-state index in [0.717, 1.165) is 48.0 Å². The van der Waals surface area contributed by atoms with E-state index in [1.165, 1.54) is 0 Å². The van der Waals surface area contributed by atoms with E-state index in [1.54, 1.807) is 11.3 Å². The minimum Gasteiger partial charge on any atom is -0.359 e. The van der Waals surface area contributed by atoms with Gasteiger partial charge < -0.3 is 9.42 Å². The molecule has 2 aromatic heterocycles. The summed E-state index contributed by atoms with van der Waals surface area (Å²) in [4.78, 5) is 18.9. The molecule has 3 heterocycles. The number of amides is 1. The van der Waals surface area contributed by atoms with Gasteiger partial charge in [0.05, 0.1) is 28.9 Å². The molecule has 0 aromatic carbocycles. The lowest BCUT2D eigenvalue weighted by Gasteiger charge is -2.22. The van der Waals surface area contributed by atoms with Gasteiger partial charge in [-0.1, -0.05) is 12.1 Å². The van der Waals surface area contributed by atoms with Gasteiger partial charge in [-0.15, -0.1) is 11.3 Å². The van der Waals surface area contributed by atoms with Crippen molar-refractivity contribution in [3.05, 3.63) is 33.6 Å². The molecular formula is C15H19N3O2S. The Labute approximate surface area is 128 Å². The second-order valence-corrected chi connectivity index (χ2v) is 6.32. The predicted octanol–water partition coefficient (Wildman–Crippen LogP) is 2.91. The van der Waals surface area contributed by atoms with Crippen molar-refractivity contribution in [3.63, 3.8) is 0 Å². The maximum atomic E-state index is 12.5. The highest BCUT2D eigenvalue weighted by Gasteiger charge is 2.32. The number of carbonyl (C=O) groups is 1. The number of carbonyl (C=O) groups excluding carboxylic acids is 1. The Bertz CT molecular complexity index is 634. The van der Waals surface area contributed by atoms with Crippen LogP contribution in [0.15, 0.2) is 16.0 Å². The number of hydrogen-bond donors (Lipinski definition) is 0. The molecule has 0 radical (unpaired) electrons. The van der Waals surface area contributed by atoms with Crippen LogP contribution in [0.25, 0.3) is 0 Å². The number of aromatic nitrogens is 2.